The minimum atomic E-state index is -1.07. The average Bonchev–Trinajstić information content (AvgIpc) is 2.21. The lowest BCUT2D eigenvalue weighted by Crippen LogP contribution is -2.13. The third kappa shape index (κ3) is 2.97. The molecule has 0 aliphatic carbocycles. The molecule has 0 bridgehead atoms. The zero-order valence-electron chi connectivity index (χ0n) is 8.14. The van der Waals surface area contributed by atoms with E-state index in [4.69, 9.17) is 5.26 Å². The Morgan fingerprint density at radius 3 is 2.57 bits per heavy atom. The van der Waals surface area contributed by atoms with Crippen molar-refractivity contribution in [2.75, 3.05) is 0 Å². The second-order valence-electron chi connectivity index (χ2n) is 3.04. The SMILES string of the molecule is CCC(C#N)S(=O)Cc1ccccc1. The zero-order valence-corrected chi connectivity index (χ0v) is 8.96. The molecular formula is C11H13NOS. The molecule has 2 unspecified atom stereocenters. The lowest BCUT2D eigenvalue weighted by Gasteiger charge is -2.05. The Morgan fingerprint density at radius 2 is 2.07 bits per heavy atom. The predicted octanol–water partition coefficient (Wildman–Crippen LogP) is 2.24. The molecule has 0 aromatic heterocycles. The van der Waals surface area contributed by atoms with Gasteiger partial charge in [0.25, 0.3) is 0 Å². The first-order valence-electron chi connectivity index (χ1n) is 4.58. The van der Waals surface area contributed by atoms with Crippen LogP contribution in [0.2, 0.25) is 0 Å². The Morgan fingerprint density at radius 1 is 1.43 bits per heavy atom. The Hall–Kier alpha value is -1.14. The fourth-order valence-electron chi connectivity index (χ4n) is 1.18. The molecule has 0 N–H and O–H groups in total. The van der Waals surface area contributed by atoms with Crippen molar-refractivity contribution in [2.24, 2.45) is 0 Å². The molecule has 0 radical (unpaired) electrons. The predicted molar refractivity (Wildman–Crippen MR) is 58.0 cm³/mol. The topological polar surface area (TPSA) is 40.9 Å². The van der Waals surface area contributed by atoms with Crippen molar-refractivity contribution in [3.63, 3.8) is 0 Å². The van der Waals surface area contributed by atoms with Crippen LogP contribution in [0.4, 0.5) is 0 Å². The van der Waals surface area contributed by atoms with Gasteiger partial charge in [-0.1, -0.05) is 37.3 Å². The van der Waals surface area contributed by atoms with E-state index in [1.54, 1.807) is 0 Å². The molecule has 0 heterocycles. The van der Waals surface area contributed by atoms with Gasteiger partial charge in [-0.3, -0.25) is 4.21 Å². The van der Waals surface area contributed by atoms with Crippen molar-refractivity contribution in [3.05, 3.63) is 35.9 Å². The highest BCUT2D eigenvalue weighted by Crippen LogP contribution is 2.08. The van der Waals surface area contributed by atoms with Crippen LogP contribution in [0.25, 0.3) is 0 Å². The summed E-state index contributed by atoms with van der Waals surface area (Å²) in [7, 11) is -1.07. The third-order valence-corrected chi connectivity index (χ3v) is 3.68. The highest BCUT2D eigenvalue weighted by molar-refractivity contribution is 7.85. The van der Waals surface area contributed by atoms with Gasteiger partial charge in [0.15, 0.2) is 0 Å². The number of rotatable bonds is 4. The van der Waals surface area contributed by atoms with E-state index in [2.05, 4.69) is 6.07 Å². The quantitative estimate of drug-likeness (QED) is 0.759. The van der Waals surface area contributed by atoms with Crippen LogP contribution < -0.4 is 0 Å². The van der Waals surface area contributed by atoms with E-state index in [1.807, 2.05) is 37.3 Å². The largest absolute Gasteiger partial charge is 0.258 e. The summed E-state index contributed by atoms with van der Waals surface area (Å²) in [5.74, 6) is 0.479. The summed E-state index contributed by atoms with van der Waals surface area (Å²) in [6, 6.07) is 11.7. The van der Waals surface area contributed by atoms with Gasteiger partial charge in [0.1, 0.15) is 5.25 Å². The molecular weight excluding hydrogens is 194 g/mol. The van der Waals surface area contributed by atoms with Crippen molar-refractivity contribution in [1.29, 1.82) is 5.26 Å². The molecule has 1 aromatic rings. The number of hydrogen-bond donors (Lipinski definition) is 0. The summed E-state index contributed by atoms with van der Waals surface area (Å²) < 4.78 is 11.7. The Balaban J connectivity index is 2.62. The van der Waals surface area contributed by atoms with E-state index in [9.17, 15) is 4.21 Å². The van der Waals surface area contributed by atoms with Crippen molar-refractivity contribution >= 4 is 10.8 Å². The standard InChI is InChI=1S/C11H13NOS/c1-2-11(8-12)14(13)9-10-6-4-3-5-7-10/h3-7,11H,2,9H2,1H3. The maximum atomic E-state index is 11.7. The van der Waals surface area contributed by atoms with E-state index in [0.29, 0.717) is 12.2 Å². The molecule has 0 fully saturated rings. The number of benzene rings is 1. The van der Waals surface area contributed by atoms with E-state index >= 15 is 0 Å². The van der Waals surface area contributed by atoms with Crippen LogP contribution >= 0.6 is 0 Å². The van der Waals surface area contributed by atoms with Gasteiger partial charge in [0, 0.05) is 16.6 Å². The van der Waals surface area contributed by atoms with Crippen LogP contribution in [0, 0.1) is 11.3 Å². The minimum absolute atomic E-state index is 0.338. The van der Waals surface area contributed by atoms with Gasteiger partial charge in [-0.05, 0) is 12.0 Å². The lowest BCUT2D eigenvalue weighted by molar-refractivity contribution is 0.675. The maximum Gasteiger partial charge on any atom is 0.121 e. The summed E-state index contributed by atoms with van der Waals surface area (Å²) in [6.07, 6.45) is 0.649. The Kier molecular flexibility index (Phi) is 4.34. The molecule has 74 valence electrons. The lowest BCUT2D eigenvalue weighted by atomic mass is 10.2. The van der Waals surface area contributed by atoms with Gasteiger partial charge in [0.2, 0.25) is 0 Å². The summed E-state index contributed by atoms with van der Waals surface area (Å²) >= 11 is 0. The highest BCUT2D eigenvalue weighted by Gasteiger charge is 2.13. The molecule has 0 aliphatic rings. The summed E-state index contributed by atoms with van der Waals surface area (Å²) in [5.41, 5.74) is 1.03. The smallest absolute Gasteiger partial charge is 0.121 e. The second-order valence-corrected chi connectivity index (χ2v) is 4.66. The molecule has 1 rings (SSSR count). The van der Waals surface area contributed by atoms with Crippen LogP contribution in [0.3, 0.4) is 0 Å². The van der Waals surface area contributed by atoms with Crippen molar-refractivity contribution < 1.29 is 4.21 Å². The summed E-state index contributed by atoms with van der Waals surface area (Å²) in [5, 5.41) is 8.39. The van der Waals surface area contributed by atoms with E-state index in [0.717, 1.165) is 5.56 Å². The fraction of sp³-hybridized carbons (Fsp3) is 0.364. The summed E-state index contributed by atoms with van der Waals surface area (Å²) in [4.78, 5) is 0. The number of hydrogen-bond acceptors (Lipinski definition) is 2. The van der Waals surface area contributed by atoms with Crippen molar-refractivity contribution in [2.45, 2.75) is 24.3 Å². The minimum Gasteiger partial charge on any atom is -0.258 e. The first-order valence-corrected chi connectivity index (χ1v) is 5.97. The molecule has 0 amide bonds. The van der Waals surface area contributed by atoms with Crippen LogP contribution in [0.15, 0.2) is 30.3 Å². The zero-order chi connectivity index (χ0) is 10.4. The molecule has 2 atom stereocenters. The van der Waals surface area contributed by atoms with Crippen LogP contribution in [0.5, 0.6) is 0 Å². The maximum absolute atomic E-state index is 11.7. The molecule has 0 aliphatic heterocycles. The number of nitriles is 1. The van der Waals surface area contributed by atoms with E-state index in [1.165, 1.54) is 0 Å². The number of nitrogens with zero attached hydrogens (tertiary/aromatic N) is 1. The van der Waals surface area contributed by atoms with Gasteiger partial charge >= 0.3 is 0 Å². The monoisotopic (exact) mass is 207 g/mol. The van der Waals surface area contributed by atoms with Crippen molar-refractivity contribution in [1.82, 2.24) is 0 Å². The van der Waals surface area contributed by atoms with Crippen LogP contribution in [-0.2, 0) is 16.6 Å². The molecule has 0 spiro atoms. The van der Waals surface area contributed by atoms with Gasteiger partial charge in [-0.2, -0.15) is 5.26 Å². The highest BCUT2D eigenvalue weighted by atomic mass is 32.2. The van der Waals surface area contributed by atoms with E-state index < -0.39 is 10.8 Å². The van der Waals surface area contributed by atoms with Crippen molar-refractivity contribution in [3.8, 4) is 6.07 Å². The van der Waals surface area contributed by atoms with Gasteiger partial charge in [-0.15, -0.1) is 0 Å². The Bertz CT molecular complexity index is 342. The van der Waals surface area contributed by atoms with Gasteiger partial charge in [0.05, 0.1) is 6.07 Å². The molecule has 3 heteroatoms. The average molecular weight is 207 g/mol. The molecule has 14 heavy (non-hydrogen) atoms. The van der Waals surface area contributed by atoms with Gasteiger partial charge < -0.3 is 0 Å². The summed E-state index contributed by atoms with van der Waals surface area (Å²) in [6.45, 7) is 1.89. The first-order chi connectivity index (χ1) is 6.77. The normalized spacial score (nSPS) is 14.3. The Labute approximate surface area is 87.0 Å². The molecule has 0 saturated heterocycles. The molecule has 0 saturated carbocycles. The molecule has 2 nitrogen and oxygen atoms in total. The van der Waals surface area contributed by atoms with Crippen LogP contribution in [-0.4, -0.2) is 9.46 Å². The van der Waals surface area contributed by atoms with Gasteiger partial charge in [-0.25, -0.2) is 0 Å². The van der Waals surface area contributed by atoms with Crippen LogP contribution in [0.1, 0.15) is 18.9 Å². The second kappa shape index (κ2) is 5.56. The van der Waals surface area contributed by atoms with E-state index in [-0.39, 0.29) is 5.25 Å². The molecule has 1 aromatic carbocycles. The fourth-order valence-corrected chi connectivity index (χ4v) is 2.39. The first kappa shape index (κ1) is 10.9. The third-order valence-electron chi connectivity index (χ3n) is 1.98.